The average Bonchev–Trinajstić information content (AvgIpc) is 2.26. The van der Waals surface area contributed by atoms with E-state index in [1.807, 2.05) is 0 Å². The third kappa shape index (κ3) is 4.31. The van der Waals surface area contributed by atoms with Gasteiger partial charge in [-0.1, -0.05) is 6.92 Å². The molecular formula is C10H18N4O2. The minimum atomic E-state index is 0.202. The molecule has 1 heterocycles. The molecule has 0 fully saturated rings. The first kappa shape index (κ1) is 12.5. The molecule has 0 aliphatic rings. The smallest absolute Gasteiger partial charge is 0.225 e. The number of nitrogens with two attached hydrogens (primary N) is 1. The molecule has 0 saturated carbocycles. The SMILES string of the molecule is CCCNc1cc(OCCOC)nc(N)n1. The highest BCUT2D eigenvalue weighted by Crippen LogP contribution is 2.14. The van der Waals surface area contributed by atoms with Crippen LogP contribution in [-0.4, -0.2) is 36.8 Å². The molecule has 0 aliphatic heterocycles. The van der Waals surface area contributed by atoms with E-state index in [4.69, 9.17) is 15.2 Å². The number of hydrogen-bond acceptors (Lipinski definition) is 6. The predicted octanol–water partition coefficient (Wildman–Crippen LogP) is 0.906. The Morgan fingerprint density at radius 3 is 2.88 bits per heavy atom. The first-order valence-corrected chi connectivity index (χ1v) is 5.26. The van der Waals surface area contributed by atoms with Crippen molar-refractivity contribution in [3.63, 3.8) is 0 Å². The molecule has 90 valence electrons. The van der Waals surface area contributed by atoms with Gasteiger partial charge in [0.1, 0.15) is 12.4 Å². The second kappa shape index (κ2) is 6.84. The lowest BCUT2D eigenvalue weighted by Gasteiger charge is -2.08. The molecule has 0 aliphatic carbocycles. The van der Waals surface area contributed by atoms with Crippen LogP contribution in [0.1, 0.15) is 13.3 Å². The second-order valence-electron chi connectivity index (χ2n) is 3.22. The Balaban J connectivity index is 2.58. The number of ether oxygens (including phenoxy) is 2. The number of hydrogen-bond donors (Lipinski definition) is 2. The van der Waals surface area contributed by atoms with Gasteiger partial charge in [-0.2, -0.15) is 9.97 Å². The maximum Gasteiger partial charge on any atom is 0.225 e. The van der Waals surface area contributed by atoms with Gasteiger partial charge in [-0.15, -0.1) is 0 Å². The molecule has 0 aromatic carbocycles. The predicted molar refractivity (Wildman–Crippen MR) is 62.6 cm³/mol. The van der Waals surface area contributed by atoms with Crippen LogP contribution in [0.3, 0.4) is 0 Å². The topological polar surface area (TPSA) is 82.3 Å². The van der Waals surface area contributed by atoms with E-state index in [-0.39, 0.29) is 5.95 Å². The summed E-state index contributed by atoms with van der Waals surface area (Å²) >= 11 is 0. The van der Waals surface area contributed by atoms with Crippen LogP contribution in [0.25, 0.3) is 0 Å². The van der Waals surface area contributed by atoms with Gasteiger partial charge in [-0.3, -0.25) is 0 Å². The van der Waals surface area contributed by atoms with Crippen molar-refractivity contribution < 1.29 is 9.47 Å². The summed E-state index contributed by atoms with van der Waals surface area (Å²) in [6.45, 7) is 3.88. The van der Waals surface area contributed by atoms with Crippen molar-refractivity contribution in [1.82, 2.24) is 9.97 Å². The Hall–Kier alpha value is -1.56. The zero-order valence-electron chi connectivity index (χ0n) is 9.69. The minimum absolute atomic E-state index is 0.202. The Bertz CT molecular complexity index is 320. The lowest BCUT2D eigenvalue weighted by atomic mass is 10.4. The molecule has 1 rings (SSSR count). The quantitative estimate of drug-likeness (QED) is 0.672. The van der Waals surface area contributed by atoms with E-state index in [2.05, 4.69) is 22.2 Å². The first-order chi connectivity index (χ1) is 7.76. The Labute approximate surface area is 95.2 Å². The van der Waals surface area contributed by atoms with Crippen LogP contribution in [0.2, 0.25) is 0 Å². The highest BCUT2D eigenvalue weighted by molar-refractivity contribution is 5.42. The largest absolute Gasteiger partial charge is 0.475 e. The summed E-state index contributed by atoms with van der Waals surface area (Å²) in [6.07, 6.45) is 1.02. The summed E-state index contributed by atoms with van der Waals surface area (Å²) in [7, 11) is 1.62. The number of rotatable bonds is 7. The lowest BCUT2D eigenvalue weighted by Crippen LogP contribution is -2.09. The molecule has 0 radical (unpaired) electrons. The monoisotopic (exact) mass is 226 g/mol. The van der Waals surface area contributed by atoms with Crippen molar-refractivity contribution in [2.45, 2.75) is 13.3 Å². The first-order valence-electron chi connectivity index (χ1n) is 5.26. The summed E-state index contributed by atoms with van der Waals surface area (Å²) in [6, 6.07) is 1.72. The van der Waals surface area contributed by atoms with Crippen LogP contribution >= 0.6 is 0 Å². The molecule has 0 spiro atoms. The molecule has 3 N–H and O–H groups in total. The molecule has 1 aromatic rings. The molecule has 0 unspecified atom stereocenters. The van der Waals surface area contributed by atoms with Crippen LogP contribution in [-0.2, 0) is 4.74 Å². The molecule has 16 heavy (non-hydrogen) atoms. The van der Waals surface area contributed by atoms with Gasteiger partial charge in [-0.25, -0.2) is 0 Å². The maximum absolute atomic E-state index is 5.56. The second-order valence-corrected chi connectivity index (χ2v) is 3.22. The summed E-state index contributed by atoms with van der Waals surface area (Å²) in [5.74, 6) is 1.35. The molecule has 0 saturated heterocycles. The van der Waals surface area contributed by atoms with Gasteiger partial charge in [0.25, 0.3) is 0 Å². The highest BCUT2D eigenvalue weighted by atomic mass is 16.5. The van der Waals surface area contributed by atoms with Crippen LogP contribution in [0.4, 0.5) is 11.8 Å². The zero-order chi connectivity index (χ0) is 11.8. The molecule has 0 atom stereocenters. The van der Waals surface area contributed by atoms with Crippen molar-refractivity contribution in [2.75, 3.05) is 37.9 Å². The zero-order valence-corrected chi connectivity index (χ0v) is 9.69. The van der Waals surface area contributed by atoms with E-state index in [0.29, 0.717) is 24.9 Å². The van der Waals surface area contributed by atoms with E-state index in [0.717, 1.165) is 13.0 Å². The number of anilines is 2. The summed E-state index contributed by atoms with van der Waals surface area (Å²) in [5.41, 5.74) is 5.56. The van der Waals surface area contributed by atoms with E-state index >= 15 is 0 Å². The van der Waals surface area contributed by atoms with Crippen molar-refractivity contribution in [2.24, 2.45) is 0 Å². The van der Waals surface area contributed by atoms with Gasteiger partial charge >= 0.3 is 0 Å². The van der Waals surface area contributed by atoms with Gasteiger partial charge in [0.15, 0.2) is 0 Å². The molecule has 0 amide bonds. The standard InChI is InChI=1S/C10H18N4O2/c1-3-4-12-8-7-9(14-10(11)13-8)16-6-5-15-2/h7H,3-6H2,1-2H3,(H3,11,12,13,14). The number of nitrogens with one attached hydrogen (secondary N) is 1. The van der Waals surface area contributed by atoms with Crippen molar-refractivity contribution in [3.05, 3.63) is 6.07 Å². The molecular weight excluding hydrogens is 208 g/mol. The van der Waals surface area contributed by atoms with E-state index in [1.165, 1.54) is 0 Å². The van der Waals surface area contributed by atoms with Gasteiger partial charge in [0, 0.05) is 19.7 Å². The maximum atomic E-state index is 5.56. The number of nitrogen functional groups attached to an aromatic ring is 1. The van der Waals surface area contributed by atoms with E-state index in [9.17, 15) is 0 Å². The van der Waals surface area contributed by atoms with E-state index in [1.54, 1.807) is 13.2 Å². The molecule has 6 nitrogen and oxygen atoms in total. The van der Waals surface area contributed by atoms with E-state index < -0.39 is 0 Å². The highest BCUT2D eigenvalue weighted by Gasteiger charge is 2.02. The van der Waals surface area contributed by atoms with Crippen LogP contribution in [0.15, 0.2) is 6.07 Å². The van der Waals surface area contributed by atoms with Gasteiger partial charge in [0.05, 0.1) is 6.61 Å². The lowest BCUT2D eigenvalue weighted by molar-refractivity contribution is 0.144. The molecule has 1 aromatic heterocycles. The molecule has 6 heteroatoms. The summed E-state index contributed by atoms with van der Waals surface area (Å²) in [4.78, 5) is 8.01. The minimum Gasteiger partial charge on any atom is -0.475 e. The van der Waals surface area contributed by atoms with Gasteiger partial charge < -0.3 is 20.5 Å². The van der Waals surface area contributed by atoms with Gasteiger partial charge in [0.2, 0.25) is 11.8 Å². The third-order valence-electron chi connectivity index (χ3n) is 1.81. The number of nitrogens with zero attached hydrogens (tertiary/aromatic N) is 2. The van der Waals surface area contributed by atoms with Gasteiger partial charge in [-0.05, 0) is 6.42 Å². The van der Waals surface area contributed by atoms with Crippen molar-refractivity contribution in [3.8, 4) is 5.88 Å². The Morgan fingerprint density at radius 2 is 2.19 bits per heavy atom. The summed E-state index contributed by atoms with van der Waals surface area (Å²) < 4.78 is 10.2. The Morgan fingerprint density at radius 1 is 1.38 bits per heavy atom. The van der Waals surface area contributed by atoms with Crippen LogP contribution in [0.5, 0.6) is 5.88 Å². The Kier molecular flexibility index (Phi) is 5.35. The normalized spacial score (nSPS) is 10.1. The van der Waals surface area contributed by atoms with Crippen LogP contribution in [0, 0.1) is 0 Å². The fourth-order valence-corrected chi connectivity index (χ4v) is 1.09. The molecule has 0 bridgehead atoms. The van der Waals surface area contributed by atoms with Crippen LogP contribution < -0.4 is 15.8 Å². The average molecular weight is 226 g/mol. The fraction of sp³-hybridized carbons (Fsp3) is 0.600. The van der Waals surface area contributed by atoms with Crippen molar-refractivity contribution >= 4 is 11.8 Å². The summed E-state index contributed by atoms with van der Waals surface area (Å²) in [5, 5.41) is 3.12. The number of aromatic nitrogens is 2. The third-order valence-corrected chi connectivity index (χ3v) is 1.81. The van der Waals surface area contributed by atoms with Crippen molar-refractivity contribution in [1.29, 1.82) is 0 Å². The fourth-order valence-electron chi connectivity index (χ4n) is 1.09. The number of methoxy groups -OCH3 is 1.